The maximum absolute atomic E-state index is 6.94. The lowest BCUT2D eigenvalue weighted by Gasteiger charge is -2.48. The van der Waals surface area contributed by atoms with Crippen molar-refractivity contribution in [2.45, 2.75) is 63.8 Å². The van der Waals surface area contributed by atoms with E-state index in [1.165, 1.54) is 43.4 Å². The summed E-state index contributed by atoms with van der Waals surface area (Å²) in [7, 11) is 0. The van der Waals surface area contributed by atoms with Gasteiger partial charge >= 0.3 is 0 Å². The Morgan fingerprint density at radius 3 is 2.95 bits per heavy atom. The van der Waals surface area contributed by atoms with Crippen LogP contribution in [0.2, 0.25) is 0 Å². The van der Waals surface area contributed by atoms with E-state index in [4.69, 9.17) is 10.7 Å². The summed E-state index contributed by atoms with van der Waals surface area (Å²) in [6.45, 7) is 4.71. The molecule has 2 N–H and O–H groups in total. The van der Waals surface area contributed by atoms with Crippen LogP contribution in [0.4, 0.5) is 0 Å². The van der Waals surface area contributed by atoms with Gasteiger partial charge in [0.2, 0.25) is 0 Å². The molecular weight excluding hydrogens is 232 g/mol. The van der Waals surface area contributed by atoms with E-state index < -0.39 is 0 Å². The number of nitrogens with two attached hydrogens (primary N) is 1. The van der Waals surface area contributed by atoms with E-state index >= 15 is 0 Å². The number of nitrogens with zero attached hydrogens (tertiary/aromatic N) is 1. The predicted octanol–water partition coefficient (Wildman–Crippen LogP) is 3.66. The van der Waals surface area contributed by atoms with Crippen LogP contribution in [-0.2, 0) is 6.42 Å². The van der Waals surface area contributed by atoms with Crippen molar-refractivity contribution < 1.29 is 0 Å². The zero-order valence-electron chi connectivity index (χ0n) is 12.2. The molecule has 2 aliphatic carbocycles. The molecule has 1 aromatic heterocycles. The third-order valence-corrected chi connectivity index (χ3v) is 5.56. The lowest BCUT2D eigenvalue weighted by atomic mass is 9.61. The number of pyridine rings is 1. The number of hydrogen-bond donors (Lipinski definition) is 1. The average Bonchev–Trinajstić information content (AvgIpc) is 2.42. The third-order valence-electron chi connectivity index (χ3n) is 5.56. The Hall–Kier alpha value is -0.890. The van der Waals surface area contributed by atoms with Crippen molar-refractivity contribution in [1.82, 2.24) is 4.98 Å². The molecule has 0 saturated heterocycles. The van der Waals surface area contributed by atoms with Crippen LogP contribution in [0.25, 0.3) is 0 Å². The summed E-state index contributed by atoms with van der Waals surface area (Å²) in [5, 5.41) is 0. The zero-order chi connectivity index (χ0) is 13.5. The standard InChI is InChI=1S/C17H26N2/c1-12-8-9-13(2)17(18,11-12)15-7-3-5-14-6-4-10-19-16(14)15/h4,6,10,12-13,15H,3,5,7-9,11,18H2,1-2H3. The van der Waals surface area contributed by atoms with Crippen molar-refractivity contribution in [3.63, 3.8) is 0 Å². The molecule has 2 nitrogen and oxygen atoms in total. The molecule has 4 atom stereocenters. The van der Waals surface area contributed by atoms with Crippen molar-refractivity contribution in [3.8, 4) is 0 Å². The van der Waals surface area contributed by atoms with Gasteiger partial charge in [0.15, 0.2) is 0 Å². The third kappa shape index (κ3) is 2.20. The molecule has 0 aliphatic heterocycles. The lowest BCUT2D eigenvalue weighted by Crippen LogP contribution is -2.55. The van der Waals surface area contributed by atoms with Gasteiger partial charge in [0.25, 0.3) is 0 Å². The van der Waals surface area contributed by atoms with E-state index in [-0.39, 0.29) is 5.54 Å². The summed E-state index contributed by atoms with van der Waals surface area (Å²) < 4.78 is 0. The van der Waals surface area contributed by atoms with Crippen LogP contribution in [0.15, 0.2) is 18.3 Å². The monoisotopic (exact) mass is 258 g/mol. The minimum Gasteiger partial charge on any atom is -0.324 e. The van der Waals surface area contributed by atoms with E-state index in [1.807, 2.05) is 6.20 Å². The highest BCUT2D eigenvalue weighted by molar-refractivity contribution is 5.30. The highest BCUT2D eigenvalue weighted by atomic mass is 14.8. The van der Waals surface area contributed by atoms with Crippen molar-refractivity contribution in [1.29, 1.82) is 0 Å². The molecule has 1 heterocycles. The smallest absolute Gasteiger partial charge is 0.0484 e. The topological polar surface area (TPSA) is 38.9 Å². The van der Waals surface area contributed by atoms with E-state index in [1.54, 1.807) is 0 Å². The largest absolute Gasteiger partial charge is 0.324 e. The maximum Gasteiger partial charge on any atom is 0.0484 e. The highest BCUT2D eigenvalue weighted by Gasteiger charge is 2.45. The summed E-state index contributed by atoms with van der Waals surface area (Å²) in [6.07, 6.45) is 9.38. The molecule has 0 spiro atoms. The van der Waals surface area contributed by atoms with E-state index in [9.17, 15) is 0 Å². The Morgan fingerprint density at radius 1 is 1.26 bits per heavy atom. The predicted molar refractivity (Wildman–Crippen MR) is 79.0 cm³/mol. The van der Waals surface area contributed by atoms with E-state index in [0.717, 1.165) is 12.3 Å². The van der Waals surface area contributed by atoms with Gasteiger partial charge in [-0.15, -0.1) is 0 Å². The van der Waals surface area contributed by atoms with Crippen LogP contribution in [-0.4, -0.2) is 10.5 Å². The molecule has 3 rings (SSSR count). The Morgan fingerprint density at radius 2 is 2.11 bits per heavy atom. The van der Waals surface area contributed by atoms with Crippen molar-refractivity contribution in [2.75, 3.05) is 0 Å². The minimum atomic E-state index is -0.0405. The number of aryl methyl sites for hydroxylation is 1. The first-order valence-corrected chi connectivity index (χ1v) is 7.84. The summed E-state index contributed by atoms with van der Waals surface area (Å²) in [5.41, 5.74) is 9.64. The quantitative estimate of drug-likeness (QED) is 0.835. The fourth-order valence-electron chi connectivity index (χ4n) is 4.33. The summed E-state index contributed by atoms with van der Waals surface area (Å²) in [6, 6.07) is 4.31. The Labute approximate surface area is 116 Å². The van der Waals surface area contributed by atoms with E-state index in [0.29, 0.717) is 11.8 Å². The lowest BCUT2D eigenvalue weighted by molar-refractivity contribution is 0.121. The highest BCUT2D eigenvalue weighted by Crippen LogP contribution is 2.47. The molecule has 0 bridgehead atoms. The van der Waals surface area contributed by atoms with Crippen LogP contribution in [0.3, 0.4) is 0 Å². The van der Waals surface area contributed by atoms with Gasteiger partial charge in [0.05, 0.1) is 0 Å². The number of hydrogen-bond acceptors (Lipinski definition) is 2. The molecule has 0 radical (unpaired) electrons. The van der Waals surface area contributed by atoms with Crippen LogP contribution >= 0.6 is 0 Å². The molecule has 19 heavy (non-hydrogen) atoms. The second kappa shape index (κ2) is 4.90. The minimum absolute atomic E-state index is 0.0405. The van der Waals surface area contributed by atoms with Crippen molar-refractivity contribution >= 4 is 0 Å². The summed E-state index contributed by atoms with van der Waals surface area (Å²) in [5.74, 6) is 1.84. The van der Waals surface area contributed by atoms with Gasteiger partial charge in [0, 0.05) is 23.3 Å². The van der Waals surface area contributed by atoms with Gasteiger partial charge in [-0.3, -0.25) is 4.98 Å². The molecule has 2 heteroatoms. The van der Waals surface area contributed by atoms with Crippen molar-refractivity contribution in [3.05, 3.63) is 29.6 Å². The van der Waals surface area contributed by atoms with Gasteiger partial charge < -0.3 is 5.73 Å². The van der Waals surface area contributed by atoms with E-state index in [2.05, 4.69) is 26.0 Å². The summed E-state index contributed by atoms with van der Waals surface area (Å²) in [4.78, 5) is 4.70. The SMILES string of the molecule is CC1CCC(C)C(N)(C2CCCc3cccnc32)C1. The molecule has 1 saturated carbocycles. The molecule has 1 aromatic rings. The molecule has 0 amide bonds. The number of rotatable bonds is 1. The van der Waals surface area contributed by atoms with Crippen LogP contribution in [0.5, 0.6) is 0 Å². The van der Waals surface area contributed by atoms with Crippen LogP contribution in [0, 0.1) is 11.8 Å². The normalized spacial score (nSPS) is 38.8. The van der Waals surface area contributed by atoms with Gasteiger partial charge in [0.1, 0.15) is 0 Å². The first-order chi connectivity index (χ1) is 9.11. The number of aromatic nitrogens is 1. The molecule has 4 unspecified atom stereocenters. The van der Waals surface area contributed by atoms with Crippen LogP contribution in [0.1, 0.15) is 63.1 Å². The molecule has 104 valence electrons. The van der Waals surface area contributed by atoms with Gasteiger partial charge in [-0.2, -0.15) is 0 Å². The first-order valence-electron chi connectivity index (χ1n) is 7.84. The average molecular weight is 258 g/mol. The zero-order valence-corrected chi connectivity index (χ0v) is 12.2. The molecule has 1 fully saturated rings. The maximum atomic E-state index is 6.94. The number of fused-ring (bicyclic) bond motifs is 1. The Bertz CT molecular complexity index is 456. The van der Waals surface area contributed by atoms with Crippen molar-refractivity contribution in [2.24, 2.45) is 17.6 Å². The Balaban J connectivity index is 1.97. The second-order valence-corrected chi connectivity index (χ2v) is 6.89. The molecule has 2 aliphatic rings. The van der Waals surface area contributed by atoms with Crippen LogP contribution < -0.4 is 5.73 Å². The van der Waals surface area contributed by atoms with Gasteiger partial charge in [-0.05, 0) is 55.6 Å². The van der Waals surface area contributed by atoms with Gasteiger partial charge in [-0.25, -0.2) is 0 Å². The summed E-state index contributed by atoms with van der Waals surface area (Å²) >= 11 is 0. The first kappa shape index (κ1) is 13.1. The Kier molecular flexibility index (Phi) is 3.38. The fourth-order valence-corrected chi connectivity index (χ4v) is 4.33. The second-order valence-electron chi connectivity index (χ2n) is 6.89. The molecular formula is C17H26N2. The van der Waals surface area contributed by atoms with Gasteiger partial charge in [-0.1, -0.05) is 26.3 Å². The molecule has 0 aromatic carbocycles. The fraction of sp³-hybridized carbons (Fsp3) is 0.706.